The first-order valence-electron chi connectivity index (χ1n) is 9.74. The predicted molar refractivity (Wildman–Crippen MR) is 114 cm³/mol. The maximum atomic E-state index is 9.77. The minimum absolute atomic E-state index is 0.565. The first-order chi connectivity index (χ1) is 13.9. The molecule has 3 unspecified atom stereocenters. The van der Waals surface area contributed by atoms with Crippen molar-refractivity contribution in [2.75, 3.05) is 19.6 Å². The number of aliphatic hydroxyl groups excluding tert-OH is 2. The van der Waals surface area contributed by atoms with E-state index in [0.29, 0.717) is 12.0 Å². The van der Waals surface area contributed by atoms with Crippen LogP contribution < -0.4 is 5.73 Å². The zero-order valence-electron chi connectivity index (χ0n) is 17.2. The third kappa shape index (κ3) is 7.68. The molecule has 2 rings (SSSR count). The lowest BCUT2D eigenvalue weighted by molar-refractivity contribution is -0.953. The van der Waals surface area contributed by atoms with Crippen molar-refractivity contribution in [3.8, 4) is 0 Å². The summed E-state index contributed by atoms with van der Waals surface area (Å²) in [5, 5.41) is 34.0. The number of carboxylic acids is 2. The van der Waals surface area contributed by atoms with E-state index in [1.54, 1.807) is 6.07 Å². The monoisotopic (exact) mass is 465 g/mol. The van der Waals surface area contributed by atoms with E-state index >= 15 is 0 Å². The van der Waals surface area contributed by atoms with E-state index in [9.17, 15) is 9.59 Å². The van der Waals surface area contributed by atoms with Crippen molar-refractivity contribution in [2.45, 2.75) is 51.5 Å². The van der Waals surface area contributed by atoms with Gasteiger partial charge in [-0.15, -0.1) is 0 Å². The lowest BCUT2D eigenvalue weighted by atomic mass is 10.1. The summed E-state index contributed by atoms with van der Waals surface area (Å²) in [7, 11) is 0. The van der Waals surface area contributed by atoms with E-state index in [1.807, 2.05) is 12.1 Å². The van der Waals surface area contributed by atoms with Crippen molar-refractivity contribution in [2.24, 2.45) is 11.7 Å². The molecule has 1 heterocycles. The van der Waals surface area contributed by atoms with Crippen LogP contribution in [0, 0.1) is 5.92 Å². The molecule has 4 atom stereocenters. The van der Waals surface area contributed by atoms with Gasteiger partial charge in [-0.2, -0.15) is 0 Å². The van der Waals surface area contributed by atoms with Crippen LogP contribution in [0.2, 0.25) is 10.0 Å². The van der Waals surface area contributed by atoms with Crippen LogP contribution in [0.15, 0.2) is 18.2 Å². The summed E-state index contributed by atoms with van der Waals surface area (Å²) in [6, 6.07) is 6.44. The number of carbonyl (C=O) groups is 2. The Morgan fingerprint density at radius 1 is 1.10 bits per heavy atom. The maximum absolute atomic E-state index is 9.77. The number of rotatable bonds is 8. The van der Waals surface area contributed by atoms with Crippen molar-refractivity contribution in [3.63, 3.8) is 0 Å². The van der Waals surface area contributed by atoms with Crippen LogP contribution in [0.4, 0.5) is 0 Å². The highest BCUT2D eigenvalue weighted by Crippen LogP contribution is 2.32. The number of hydrogen-bond donors (Lipinski definition) is 5. The van der Waals surface area contributed by atoms with Crippen LogP contribution in [0.25, 0.3) is 0 Å². The molecule has 0 bridgehead atoms. The Bertz CT molecular complexity index is 695. The van der Waals surface area contributed by atoms with Crippen molar-refractivity contribution in [3.05, 3.63) is 33.8 Å². The summed E-state index contributed by atoms with van der Waals surface area (Å²) in [6.07, 6.45) is -2.03. The van der Waals surface area contributed by atoms with Gasteiger partial charge in [0.05, 0.1) is 13.1 Å². The molecule has 0 amide bonds. The number of hydrogen-bond acceptors (Lipinski definition) is 5. The lowest BCUT2D eigenvalue weighted by Crippen LogP contribution is -2.55. The fraction of sp³-hybridized carbons (Fsp3) is 0.600. The Kier molecular flexibility index (Phi) is 10.5. The number of halogens is 2. The second-order valence-electron chi connectivity index (χ2n) is 8.05. The zero-order chi connectivity index (χ0) is 23.1. The Hall–Kier alpha value is -1.42. The van der Waals surface area contributed by atoms with Gasteiger partial charge in [-0.05, 0) is 18.2 Å². The molecular weight excluding hydrogens is 435 g/mol. The third-order valence-corrected chi connectivity index (χ3v) is 5.58. The third-order valence-electron chi connectivity index (χ3n) is 5.14. The normalized spacial score (nSPS) is 22.9. The number of nitrogens with two attached hydrogens (primary N) is 1. The first kappa shape index (κ1) is 26.6. The number of carboxylic acid groups (broad SMARTS) is 2. The molecule has 0 radical (unpaired) electrons. The molecule has 170 valence electrons. The quantitative estimate of drug-likeness (QED) is 0.369. The fourth-order valence-corrected chi connectivity index (χ4v) is 4.59. The van der Waals surface area contributed by atoms with Gasteiger partial charge in [0, 0.05) is 40.9 Å². The number of aliphatic hydroxyl groups is 2. The number of quaternary nitrogens is 1. The van der Waals surface area contributed by atoms with Crippen molar-refractivity contribution in [1.82, 2.24) is 0 Å². The largest absolute Gasteiger partial charge is 0.479 e. The first-order valence-corrected chi connectivity index (χ1v) is 10.5. The minimum atomic E-state index is -2.27. The number of nitrogens with zero attached hydrogens (tertiary/aromatic N) is 1. The van der Waals surface area contributed by atoms with Crippen LogP contribution in [-0.4, -0.2) is 74.7 Å². The molecule has 0 aromatic heterocycles. The van der Waals surface area contributed by atoms with Gasteiger partial charge < -0.3 is 30.6 Å². The average molecular weight is 466 g/mol. The number of aliphatic carboxylic acids is 2. The summed E-state index contributed by atoms with van der Waals surface area (Å²) in [6.45, 7) is 8.71. The smallest absolute Gasteiger partial charge is 0.335 e. The zero-order valence-corrected chi connectivity index (χ0v) is 18.7. The van der Waals surface area contributed by atoms with Gasteiger partial charge in [-0.1, -0.05) is 37.0 Å². The van der Waals surface area contributed by atoms with E-state index in [0.717, 1.165) is 27.6 Å². The molecule has 30 heavy (non-hydrogen) atoms. The Labute approximate surface area is 186 Å². The van der Waals surface area contributed by atoms with Gasteiger partial charge >= 0.3 is 11.9 Å². The van der Waals surface area contributed by atoms with Gasteiger partial charge in [-0.3, -0.25) is 0 Å². The molecule has 1 aromatic rings. The topological polar surface area (TPSA) is 141 Å². The molecule has 1 saturated heterocycles. The average Bonchev–Trinajstić information content (AvgIpc) is 3.00. The second-order valence-corrected chi connectivity index (χ2v) is 8.93. The Balaban J connectivity index is 0.000000382. The van der Waals surface area contributed by atoms with E-state index in [1.165, 1.54) is 31.5 Å². The van der Waals surface area contributed by atoms with Crippen molar-refractivity contribution < 1.29 is 34.5 Å². The SMILES string of the molecule is CC(C)C[N+]1(Cc2cc(Cl)cc(Cl)c2)CCC[C@H]1CN.O=C(O)C(O)C(O)C(=O)O. The Morgan fingerprint density at radius 2 is 1.60 bits per heavy atom. The van der Waals surface area contributed by atoms with Crippen LogP contribution in [0.5, 0.6) is 0 Å². The van der Waals surface area contributed by atoms with Gasteiger partial charge in [0.25, 0.3) is 0 Å². The van der Waals surface area contributed by atoms with E-state index in [-0.39, 0.29) is 0 Å². The molecule has 1 fully saturated rings. The van der Waals surface area contributed by atoms with Crippen LogP contribution in [0.1, 0.15) is 32.3 Å². The summed E-state index contributed by atoms with van der Waals surface area (Å²) < 4.78 is 1.09. The Morgan fingerprint density at radius 3 is 2.00 bits per heavy atom. The molecule has 0 spiro atoms. The van der Waals surface area contributed by atoms with Crippen molar-refractivity contribution >= 4 is 35.1 Å². The molecule has 8 nitrogen and oxygen atoms in total. The van der Waals surface area contributed by atoms with Crippen LogP contribution in [-0.2, 0) is 16.1 Å². The highest BCUT2D eigenvalue weighted by Gasteiger charge is 2.41. The summed E-state index contributed by atoms with van der Waals surface area (Å²) >= 11 is 12.3. The summed E-state index contributed by atoms with van der Waals surface area (Å²) in [4.78, 5) is 19.5. The molecule has 10 heteroatoms. The summed E-state index contributed by atoms with van der Waals surface area (Å²) in [5.41, 5.74) is 7.26. The van der Waals surface area contributed by atoms with E-state index in [2.05, 4.69) is 13.8 Å². The summed E-state index contributed by atoms with van der Waals surface area (Å²) in [5.74, 6) is -2.87. The fourth-order valence-electron chi connectivity index (χ4n) is 4.02. The molecule has 1 aliphatic heterocycles. The number of benzene rings is 1. The molecule has 0 saturated carbocycles. The van der Waals surface area contributed by atoms with Gasteiger partial charge in [0.2, 0.25) is 0 Å². The van der Waals surface area contributed by atoms with Crippen molar-refractivity contribution in [1.29, 1.82) is 0 Å². The van der Waals surface area contributed by atoms with Gasteiger partial charge in [0.15, 0.2) is 12.2 Å². The number of likely N-dealkylation sites (tertiary alicyclic amines) is 1. The molecule has 0 aliphatic carbocycles. The lowest BCUT2D eigenvalue weighted by Gasteiger charge is -2.41. The maximum Gasteiger partial charge on any atom is 0.335 e. The standard InChI is InChI=1S/C16H25Cl2N2.C4H6O6/c1-12(2)10-20(5-3-4-16(20)9-19)11-13-6-14(17)8-15(18)7-13;5-1(3(7)8)2(6)4(9)10/h6-8,12,16H,3-5,9-11,19H2,1-2H3;1-2,5-6H,(H,7,8)(H,9,10)/q+1;/t16-,20?;/m0./s1. The minimum Gasteiger partial charge on any atom is -0.479 e. The van der Waals surface area contributed by atoms with E-state index < -0.39 is 24.1 Å². The van der Waals surface area contributed by atoms with Gasteiger partial charge in [-0.25, -0.2) is 9.59 Å². The van der Waals surface area contributed by atoms with E-state index in [4.69, 9.17) is 49.4 Å². The predicted octanol–water partition coefficient (Wildman–Crippen LogP) is 1.96. The highest BCUT2D eigenvalue weighted by atomic mass is 35.5. The molecule has 1 aromatic carbocycles. The van der Waals surface area contributed by atoms with Crippen LogP contribution in [0.3, 0.4) is 0 Å². The second kappa shape index (κ2) is 11.8. The molecule has 6 N–H and O–H groups in total. The van der Waals surface area contributed by atoms with Gasteiger partial charge in [0.1, 0.15) is 12.6 Å². The molecular formula is C20H31Cl2N2O6+. The van der Waals surface area contributed by atoms with Crippen LogP contribution >= 0.6 is 23.2 Å². The highest BCUT2D eigenvalue weighted by molar-refractivity contribution is 6.34. The molecule has 1 aliphatic rings.